The van der Waals surface area contributed by atoms with Crippen LogP contribution in [0.2, 0.25) is 0 Å². The molecule has 2 nitrogen and oxygen atoms in total. The van der Waals surface area contributed by atoms with E-state index in [2.05, 4.69) is 11.8 Å². The molecule has 0 aromatic heterocycles. The first-order valence-corrected chi connectivity index (χ1v) is 6.49. The first-order valence-electron chi connectivity index (χ1n) is 6.49. The molecule has 2 rings (SSSR count). The second-order valence-corrected chi connectivity index (χ2v) is 4.63. The maximum Gasteiger partial charge on any atom is 0.123 e. The fraction of sp³-hybridized carbons (Fsp3) is 0.250. The Morgan fingerprint density at radius 1 is 1.05 bits per heavy atom. The number of hydrogen-bond donors (Lipinski definition) is 1. The van der Waals surface area contributed by atoms with Crippen molar-refractivity contribution in [3.8, 4) is 0 Å². The average molecular weight is 258 g/mol. The molecule has 2 aromatic rings. The average Bonchev–Trinajstić information content (AvgIpc) is 2.40. The number of para-hydroxylation sites is 1. The molecular weight excluding hydrogens is 239 g/mol. The molecule has 0 fully saturated rings. The predicted molar refractivity (Wildman–Crippen MR) is 77.0 cm³/mol. The second kappa shape index (κ2) is 6.34. The Hall–Kier alpha value is -1.87. The third kappa shape index (κ3) is 3.80. The summed E-state index contributed by atoms with van der Waals surface area (Å²) in [7, 11) is 0. The van der Waals surface area contributed by atoms with Crippen LogP contribution in [0, 0.1) is 5.82 Å². The summed E-state index contributed by atoms with van der Waals surface area (Å²) in [5.41, 5.74) is 8.85. The molecule has 0 saturated carbocycles. The van der Waals surface area contributed by atoms with Gasteiger partial charge in [0.15, 0.2) is 0 Å². The minimum Gasteiger partial charge on any atom is -0.398 e. The number of nitrogen functional groups attached to an aromatic ring is 1. The van der Waals surface area contributed by atoms with Crippen molar-refractivity contribution in [2.24, 2.45) is 0 Å². The lowest BCUT2D eigenvalue weighted by Crippen LogP contribution is -2.22. The van der Waals surface area contributed by atoms with E-state index >= 15 is 0 Å². The summed E-state index contributed by atoms with van der Waals surface area (Å²) < 4.78 is 13.2. The lowest BCUT2D eigenvalue weighted by atomic mass is 10.1. The number of rotatable bonds is 5. The summed E-state index contributed by atoms with van der Waals surface area (Å²) in [6.45, 7) is 4.49. The molecular formula is C16H19FN2. The largest absolute Gasteiger partial charge is 0.398 e. The number of hydrogen-bond acceptors (Lipinski definition) is 2. The van der Waals surface area contributed by atoms with Gasteiger partial charge in [0.2, 0.25) is 0 Å². The lowest BCUT2D eigenvalue weighted by Gasteiger charge is -2.21. The van der Waals surface area contributed by atoms with E-state index in [-0.39, 0.29) is 5.82 Å². The van der Waals surface area contributed by atoms with Crippen LogP contribution in [0.25, 0.3) is 0 Å². The van der Waals surface area contributed by atoms with Gasteiger partial charge in [0.05, 0.1) is 0 Å². The van der Waals surface area contributed by atoms with Crippen molar-refractivity contribution in [1.82, 2.24) is 4.90 Å². The topological polar surface area (TPSA) is 29.3 Å². The van der Waals surface area contributed by atoms with Gasteiger partial charge < -0.3 is 5.73 Å². The molecule has 0 unspecified atom stereocenters. The van der Waals surface area contributed by atoms with Crippen LogP contribution in [0.1, 0.15) is 18.1 Å². The van der Waals surface area contributed by atoms with E-state index in [1.54, 1.807) is 12.1 Å². The van der Waals surface area contributed by atoms with Gasteiger partial charge in [-0.1, -0.05) is 37.3 Å². The molecule has 0 amide bonds. The fourth-order valence-electron chi connectivity index (χ4n) is 2.09. The zero-order valence-electron chi connectivity index (χ0n) is 11.1. The first kappa shape index (κ1) is 13.6. The molecule has 0 saturated heterocycles. The normalized spacial score (nSPS) is 10.9. The zero-order valence-corrected chi connectivity index (χ0v) is 11.1. The van der Waals surface area contributed by atoms with Crippen molar-refractivity contribution >= 4 is 5.69 Å². The number of halogens is 1. The maximum atomic E-state index is 13.2. The van der Waals surface area contributed by atoms with Gasteiger partial charge in [-0.25, -0.2) is 4.39 Å². The smallest absolute Gasteiger partial charge is 0.123 e. The van der Waals surface area contributed by atoms with E-state index in [1.165, 1.54) is 6.07 Å². The molecule has 100 valence electrons. The number of nitrogens with two attached hydrogens (primary N) is 1. The van der Waals surface area contributed by atoms with Crippen LogP contribution in [-0.2, 0) is 13.1 Å². The van der Waals surface area contributed by atoms with Crippen LogP contribution < -0.4 is 5.73 Å². The molecule has 0 aliphatic carbocycles. The summed E-state index contributed by atoms with van der Waals surface area (Å²) in [4.78, 5) is 2.24. The molecule has 19 heavy (non-hydrogen) atoms. The van der Waals surface area contributed by atoms with Crippen molar-refractivity contribution in [2.45, 2.75) is 20.0 Å². The van der Waals surface area contributed by atoms with E-state index in [0.717, 1.165) is 36.4 Å². The Kier molecular flexibility index (Phi) is 4.53. The van der Waals surface area contributed by atoms with E-state index < -0.39 is 0 Å². The van der Waals surface area contributed by atoms with E-state index in [0.29, 0.717) is 0 Å². The van der Waals surface area contributed by atoms with Crippen LogP contribution in [-0.4, -0.2) is 11.4 Å². The molecule has 0 aliphatic heterocycles. The van der Waals surface area contributed by atoms with Crippen LogP contribution in [0.4, 0.5) is 10.1 Å². The Balaban J connectivity index is 2.07. The van der Waals surface area contributed by atoms with Gasteiger partial charge in [0, 0.05) is 18.8 Å². The number of nitrogens with zero attached hydrogens (tertiary/aromatic N) is 1. The van der Waals surface area contributed by atoms with E-state index in [4.69, 9.17) is 5.73 Å². The van der Waals surface area contributed by atoms with Crippen LogP contribution in [0.5, 0.6) is 0 Å². The molecule has 0 spiro atoms. The first-order chi connectivity index (χ1) is 9.19. The molecule has 2 aromatic carbocycles. The zero-order chi connectivity index (χ0) is 13.7. The number of anilines is 1. The molecule has 0 bridgehead atoms. The van der Waals surface area contributed by atoms with Crippen LogP contribution in [0.15, 0.2) is 48.5 Å². The Labute approximate surface area is 113 Å². The number of benzene rings is 2. The van der Waals surface area contributed by atoms with Crippen LogP contribution >= 0.6 is 0 Å². The minimum absolute atomic E-state index is 0.187. The quantitative estimate of drug-likeness (QED) is 0.832. The molecule has 0 aliphatic rings. The summed E-state index contributed by atoms with van der Waals surface area (Å²) in [5.74, 6) is -0.187. The molecule has 0 atom stereocenters. The third-order valence-electron chi connectivity index (χ3n) is 3.19. The molecule has 0 heterocycles. The van der Waals surface area contributed by atoms with Gasteiger partial charge in [-0.05, 0) is 35.9 Å². The van der Waals surface area contributed by atoms with E-state index in [9.17, 15) is 4.39 Å². The Morgan fingerprint density at radius 3 is 2.53 bits per heavy atom. The summed E-state index contributed by atoms with van der Waals surface area (Å²) in [6.07, 6.45) is 0. The summed E-state index contributed by atoms with van der Waals surface area (Å²) in [5, 5.41) is 0. The Bertz CT molecular complexity index is 540. The monoisotopic (exact) mass is 258 g/mol. The van der Waals surface area contributed by atoms with Gasteiger partial charge in [-0.15, -0.1) is 0 Å². The van der Waals surface area contributed by atoms with Crippen molar-refractivity contribution in [3.63, 3.8) is 0 Å². The maximum absolute atomic E-state index is 13.2. The lowest BCUT2D eigenvalue weighted by molar-refractivity contribution is 0.271. The SMILES string of the molecule is CCN(Cc1cccc(F)c1)Cc1ccccc1N. The molecule has 2 N–H and O–H groups in total. The highest BCUT2D eigenvalue weighted by molar-refractivity contribution is 5.46. The minimum atomic E-state index is -0.187. The summed E-state index contributed by atoms with van der Waals surface area (Å²) >= 11 is 0. The van der Waals surface area contributed by atoms with Crippen molar-refractivity contribution in [1.29, 1.82) is 0 Å². The third-order valence-corrected chi connectivity index (χ3v) is 3.19. The molecule has 0 radical (unpaired) electrons. The predicted octanol–water partition coefficient (Wildman–Crippen LogP) is 3.43. The Morgan fingerprint density at radius 2 is 1.84 bits per heavy atom. The highest BCUT2D eigenvalue weighted by Crippen LogP contribution is 2.15. The van der Waals surface area contributed by atoms with Crippen LogP contribution in [0.3, 0.4) is 0 Å². The van der Waals surface area contributed by atoms with Gasteiger partial charge in [-0.3, -0.25) is 4.90 Å². The van der Waals surface area contributed by atoms with Gasteiger partial charge in [-0.2, -0.15) is 0 Å². The van der Waals surface area contributed by atoms with Gasteiger partial charge in [0.1, 0.15) is 5.82 Å². The molecule has 3 heteroatoms. The highest BCUT2D eigenvalue weighted by Gasteiger charge is 2.07. The van der Waals surface area contributed by atoms with Gasteiger partial charge >= 0.3 is 0 Å². The summed E-state index contributed by atoms with van der Waals surface area (Å²) in [6, 6.07) is 14.6. The van der Waals surface area contributed by atoms with Crippen molar-refractivity contribution < 1.29 is 4.39 Å². The van der Waals surface area contributed by atoms with Crippen molar-refractivity contribution in [2.75, 3.05) is 12.3 Å². The standard InChI is InChI=1S/C16H19FN2/c1-2-19(11-13-6-5-8-15(17)10-13)12-14-7-3-4-9-16(14)18/h3-10H,2,11-12,18H2,1H3. The van der Waals surface area contributed by atoms with Gasteiger partial charge in [0.25, 0.3) is 0 Å². The second-order valence-electron chi connectivity index (χ2n) is 4.63. The fourth-order valence-corrected chi connectivity index (χ4v) is 2.09. The van der Waals surface area contributed by atoms with E-state index in [1.807, 2.05) is 30.3 Å². The van der Waals surface area contributed by atoms with Crippen molar-refractivity contribution in [3.05, 3.63) is 65.5 Å². The highest BCUT2D eigenvalue weighted by atomic mass is 19.1.